The third-order valence-electron chi connectivity index (χ3n) is 4.60. The topological polar surface area (TPSA) is 34.0 Å². The molecule has 0 unspecified atom stereocenters. The maximum Gasteiger partial charge on any atom is 0.224 e. The first-order valence-electron chi connectivity index (χ1n) is 8.18. The largest absolute Gasteiger partial charge is 0.351 e. The molecular formula is C19H24N2O. The summed E-state index contributed by atoms with van der Waals surface area (Å²) in [6.45, 7) is 2.18. The van der Waals surface area contributed by atoms with Gasteiger partial charge < -0.3 is 9.88 Å². The van der Waals surface area contributed by atoms with Gasteiger partial charge >= 0.3 is 0 Å². The number of hydrogen-bond donors (Lipinski definition) is 1. The molecule has 0 spiro atoms. The molecule has 22 heavy (non-hydrogen) atoms. The predicted molar refractivity (Wildman–Crippen MR) is 89.1 cm³/mol. The highest BCUT2D eigenvalue weighted by atomic mass is 16.1. The summed E-state index contributed by atoms with van der Waals surface area (Å²) in [7, 11) is 0. The molecule has 1 N–H and O–H groups in total. The molecule has 1 aliphatic carbocycles. The number of rotatable bonds is 4. The first kappa shape index (κ1) is 14.9. The molecule has 0 atom stereocenters. The Morgan fingerprint density at radius 1 is 1.09 bits per heavy atom. The smallest absolute Gasteiger partial charge is 0.224 e. The summed E-state index contributed by atoms with van der Waals surface area (Å²) in [6, 6.07) is 12.2. The van der Waals surface area contributed by atoms with Crippen LogP contribution in [0.4, 0.5) is 0 Å². The van der Waals surface area contributed by atoms with Gasteiger partial charge in [-0.2, -0.15) is 0 Å². The van der Waals surface area contributed by atoms with Crippen LogP contribution in [0.25, 0.3) is 5.69 Å². The van der Waals surface area contributed by atoms with Gasteiger partial charge in [-0.3, -0.25) is 4.79 Å². The molecular weight excluding hydrogens is 272 g/mol. The summed E-state index contributed by atoms with van der Waals surface area (Å²) in [6.07, 6.45) is 10.5. The first-order valence-corrected chi connectivity index (χ1v) is 8.18. The molecule has 0 aliphatic heterocycles. The Balaban J connectivity index is 1.59. The van der Waals surface area contributed by atoms with Crippen molar-refractivity contribution in [3.63, 3.8) is 0 Å². The number of amides is 1. The molecule has 3 nitrogen and oxygen atoms in total. The summed E-state index contributed by atoms with van der Waals surface area (Å²) in [5.41, 5.74) is 2.18. The van der Waals surface area contributed by atoms with E-state index in [0.29, 0.717) is 6.42 Å². The van der Waals surface area contributed by atoms with Crippen molar-refractivity contribution >= 4 is 5.91 Å². The maximum absolute atomic E-state index is 12.3. The minimum atomic E-state index is 0.000411. The Kier molecular flexibility index (Phi) is 4.32. The lowest BCUT2D eigenvalue weighted by Crippen LogP contribution is -2.47. The van der Waals surface area contributed by atoms with Gasteiger partial charge in [-0.1, -0.05) is 31.4 Å². The zero-order chi connectivity index (χ0) is 15.4. The van der Waals surface area contributed by atoms with Crippen LogP contribution in [-0.4, -0.2) is 16.0 Å². The van der Waals surface area contributed by atoms with Crippen LogP contribution in [0.5, 0.6) is 0 Å². The van der Waals surface area contributed by atoms with Gasteiger partial charge in [0.25, 0.3) is 0 Å². The molecule has 0 saturated heterocycles. The normalized spacial score (nSPS) is 17.1. The van der Waals surface area contributed by atoms with Crippen LogP contribution < -0.4 is 5.32 Å². The van der Waals surface area contributed by atoms with Gasteiger partial charge in [0.05, 0.1) is 6.42 Å². The molecule has 1 fully saturated rings. The van der Waals surface area contributed by atoms with Crippen molar-refractivity contribution < 1.29 is 4.79 Å². The van der Waals surface area contributed by atoms with Crippen LogP contribution in [0.2, 0.25) is 0 Å². The van der Waals surface area contributed by atoms with E-state index in [0.717, 1.165) is 24.1 Å². The highest BCUT2D eigenvalue weighted by molar-refractivity contribution is 5.79. The molecule has 2 aromatic rings. The number of nitrogens with zero attached hydrogens (tertiary/aromatic N) is 1. The van der Waals surface area contributed by atoms with Gasteiger partial charge in [-0.05, 0) is 49.6 Å². The molecule has 1 saturated carbocycles. The van der Waals surface area contributed by atoms with Crippen LogP contribution in [0.1, 0.15) is 44.6 Å². The van der Waals surface area contributed by atoms with E-state index in [9.17, 15) is 4.79 Å². The zero-order valence-corrected chi connectivity index (χ0v) is 13.2. The van der Waals surface area contributed by atoms with E-state index in [1.807, 2.05) is 36.7 Å². The third kappa shape index (κ3) is 3.59. The van der Waals surface area contributed by atoms with Crippen molar-refractivity contribution in [3.05, 3.63) is 54.4 Å². The van der Waals surface area contributed by atoms with Gasteiger partial charge in [-0.25, -0.2) is 0 Å². The van der Waals surface area contributed by atoms with E-state index >= 15 is 0 Å². The van der Waals surface area contributed by atoms with Crippen molar-refractivity contribution in [1.82, 2.24) is 9.88 Å². The minimum Gasteiger partial charge on any atom is -0.351 e. The Labute approximate surface area is 132 Å². The van der Waals surface area contributed by atoms with Crippen LogP contribution >= 0.6 is 0 Å². The lowest BCUT2D eigenvalue weighted by atomic mass is 9.83. The first-order chi connectivity index (χ1) is 10.6. The van der Waals surface area contributed by atoms with Crippen LogP contribution in [0, 0.1) is 0 Å². The van der Waals surface area contributed by atoms with Crippen molar-refractivity contribution in [1.29, 1.82) is 0 Å². The predicted octanol–water partition coefficient (Wildman–Crippen LogP) is 3.86. The number of carbonyl (C=O) groups is 1. The summed E-state index contributed by atoms with van der Waals surface area (Å²) >= 11 is 0. The quantitative estimate of drug-likeness (QED) is 0.913. The lowest BCUT2D eigenvalue weighted by molar-refractivity contribution is -0.122. The van der Waals surface area contributed by atoms with Crippen LogP contribution in [0.15, 0.2) is 48.8 Å². The Morgan fingerprint density at radius 3 is 2.36 bits per heavy atom. The second-order valence-electron chi connectivity index (χ2n) is 6.60. The Bertz CT molecular complexity index is 607. The zero-order valence-electron chi connectivity index (χ0n) is 13.2. The van der Waals surface area contributed by atoms with E-state index < -0.39 is 0 Å². The number of benzene rings is 1. The van der Waals surface area contributed by atoms with E-state index in [4.69, 9.17) is 0 Å². The molecule has 3 heteroatoms. The Morgan fingerprint density at radius 2 is 1.73 bits per heavy atom. The van der Waals surface area contributed by atoms with Crippen molar-refractivity contribution in [2.45, 2.75) is 51.0 Å². The molecule has 1 aromatic carbocycles. The average molecular weight is 296 g/mol. The van der Waals surface area contributed by atoms with Crippen LogP contribution in [-0.2, 0) is 11.2 Å². The summed E-state index contributed by atoms with van der Waals surface area (Å²) in [5, 5.41) is 3.24. The minimum absolute atomic E-state index is 0.000411. The number of carbonyl (C=O) groups excluding carboxylic acids is 1. The SMILES string of the molecule is CC1(NC(=O)Cc2ccc(-n3cccc3)cc2)CCCCC1. The molecule has 0 bridgehead atoms. The van der Waals surface area contributed by atoms with Crippen LogP contribution in [0.3, 0.4) is 0 Å². The fourth-order valence-corrected chi connectivity index (χ4v) is 3.32. The second kappa shape index (κ2) is 6.39. The van der Waals surface area contributed by atoms with Gasteiger partial charge in [0, 0.05) is 23.6 Å². The third-order valence-corrected chi connectivity index (χ3v) is 4.60. The van der Waals surface area contributed by atoms with Crippen molar-refractivity contribution in [2.24, 2.45) is 0 Å². The number of aromatic nitrogens is 1. The van der Waals surface area contributed by atoms with Gasteiger partial charge in [0.1, 0.15) is 0 Å². The average Bonchev–Trinajstić information content (AvgIpc) is 3.02. The number of nitrogens with one attached hydrogen (secondary N) is 1. The molecule has 0 radical (unpaired) electrons. The highest BCUT2D eigenvalue weighted by Crippen LogP contribution is 2.27. The molecule has 1 aromatic heterocycles. The van der Waals surface area contributed by atoms with Gasteiger partial charge in [-0.15, -0.1) is 0 Å². The fourth-order valence-electron chi connectivity index (χ4n) is 3.32. The van der Waals surface area contributed by atoms with E-state index in [-0.39, 0.29) is 11.4 Å². The van der Waals surface area contributed by atoms with E-state index in [1.54, 1.807) is 0 Å². The van der Waals surface area contributed by atoms with Gasteiger partial charge in [0.15, 0.2) is 0 Å². The summed E-state index contributed by atoms with van der Waals surface area (Å²) < 4.78 is 2.06. The summed E-state index contributed by atoms with van der Waals surface area (Å²) in [4.78, 5) is 12.3. The molecule has 1 aliphatic rings. The summed E-state index contributed by atoms with van der Waals surface area (Å²) in [5.74, 6) is 0.137. The van der Waals surface area contributed by atoms with Gasteiger partial charge in [0.2, 0.25) is 5.91 Å². The second-order valence-corrected chi connectivity index (χ2v) is 6.60. The van der Waals surface area contributed by atoms with E-state index in [2.05, 4.69) is 28.9 Å². The number of hydrogen-bond acceptors (Lipinski definition) is 1. The standard InChI is InChI=1S/C19H24N2O/c1-19(11-3-2-4-12-19)20-18(22)15-16-7-9-17(10-8-16)21-13-5-6-14-21/h5-10,13-14H,2-4,11-12,15H2,1H3,(H,20,22). The maximum atomic E-state index is 12.3. The lowest BCUT2D eigenvalue weighted by Gasteiger charge is -2.34. The van der Waals surface area contributed by atoms with E-state index in [1.165, 1.54) is 19.3 Å². The molecule has 1 amide bonds. The fraction of sp³-hybridized carbons (Fsp3) is 0.421. The van der Waals surface area contributed by atoms with Crippen molar-refractivity contribution in [3.8, 4) is 5.69 Å². The molecule has 1 heterocycles. The monoisotopic (exact) mass is 296 g/mol. The van der Waals surface area contributed by atoms with Crippen molar-refractivity contribution in [2.75, 3.05) is 0 Å². The molecule has 3 rings (SSSR count). The Hall–Kier alpha value is -2.03. The highest BCUT2D eigenvalue weighted by Gasteiger charge is 2.28. The molecule has 116 valence electrons.